The van der Waals surface area contributed by atoms with Crippen LogP contribution in [0.5, 0.6) is 57.5 Å². The van der Waals surface area contributed by atoms with Gasteiger partial charge in [0.05, 0.1) is 71.1 Å². The van der Waals surface area contributed by atoms with E-state index >= 15 is 0 Å². The maximum Gasteiger partial charge on any atom is 0.118 e. The third-order valence-corrected chi connectivity index (χ3v) is 36.9. The van der Waals surface area contributed by atoms with Gasteiger partial charge < -0.3 is 47.4 Å². The second-order valence-corrected chi connectivity index (χ2v) is 41.8. The summed E-state index contributed by atoms with van der Waals surface area (Å²) < 4.78 is 54.0. The van der Waals surface area contributed by atoms with E-state index in [1.165, 1.54) is 203 Å². The van der Waals surface area contributed by atoms with Crippen LogP contribution in [-0.2, 0) is 32.5 Å². The molecule has 0 N–H and O–H groups in total. The molecular formula is C117H138O10. The topological polar surface area (TPSA) is 92.3 Å². The molecule has 666 valence electrons. The molecular weight excluding hydrogens is 1570 g/mol. The lowest BCUT2D eigenvalue weighted by Crippen LogP contribution is -2.56. The largest absolute Gasteiger partial charge is 0.497 e. The highest BCUT2D eigenvalue weighted by Gasteiger charge is 2.70. The van der Waals surface area contributed by atoms with Gasteiger partial charge in [0.1, 0.15) is 57.5 Å². The van der Waals surface area contributed by atoms with Crippen molar-refractivity contribution in [1.29, 1.82) is 0 Å². The molecule has 0 amide bonds. The molecule has 8 unspecified atom stereocenters. The molecule has 0 heterocycles. The fraction of sp³-hybridized carbons (Fsp3) is 0.487. The predicted molar refractivity (Wildman–Crippen MR) is 510 cm³/mol. The summed E-state index contributed by atoms with van der Waals surface area (Å²) in [4.78, 5) is 0. The second-order valence-electron chi connectivity index (χ2n) is 41.8. The van der Waals surface area contributed by atoms with Gasteiger partial charge in [-0.3, -0.25) is 0 Å². The van der Waals surface area contributed by atoms with Crippen LogP contribution in [0.1, 0.15) is 224 Å². The van der Waals surface area contributed by atoms with Crippen molar-refractivity contribution in [1.82, 2.24) is 0 Å². The average molecular weight is 1700 g/mol. The van der Waals surface area contributed by atoms with Crippen LogP contribution in [0.25, 0.3) is 0 Å². The summed E-state index contributed by atoms with van der Waals surface area (Å²) >= 11 is 0. The summed E-state index contributed by atoms with van der Waals surface area (Å²) in [5.41, 5.74) is 16.5. The van der Waals surface area contributed by atoms with Crippen LogP contribution in [0.15, 0.2) is 243 Å². The van der Waals surface area contributed by atoms with Gasteiger partial charge in [0.2, 0.25) is 0 Å². The highest BCUT2D eigenvalue weighted by molar-refractivity contribution is 5.54. The molecule has 15 aliphatic rings. The second kappa shape index (κ2) is 34.9. The number of benzene rings is 10. The molecule has 127 heavy (non-hydrogen) atoms. The van der Waals surface area contributed by atoms with E-state index in [0.29, 0.717) is 16.2 Å². The Morgan fingerprint density at radius 2 is 0.512 bits per heavy atom. The average Bonchev–Trinajstić information content (AvgIpc) is 1.47. The van der Waals surface area contributed by atoms with E-state index < -0.39 is 0 Å². The van der Waals surface area contributed by atoms with Crippen molar-refractivity contribution < 1.29 is 47.4 Å². The summed E-state index contributed by atoms with van der Waals surface area (Å²) in [6, 6.07) is 88.7. The lowest BCUT2D eigenvalue weighted by atomic mass is 9.42. The van der Waals surface area contributed by atoms with Crippen molar-refractivity contribution in [2.45, 2.75) is 201 Å². The standard InChI is InChI=1S/3C24H28O2.C24H30O2.C21H24O2/c1-25-21-7-3-19(4-8-21)23-12-17-11-18(13-23)15-24(14-17,16-23)20-5-9-22(26-2)10-6-20;1-25-22-7-3-18(4-8-22)24(19-5-9-23(26-2)10-6-19)20-12-16-11-17(14-20)15-21(24)13-16;1-25-18-10-6-16(7-11-18)24(17-8-12-19(26-2)13-9-17)22-14-15-23(24)21-5-3-4-20(21)22;1-22(2)19-14-15-23(22,3)24(16-19,17-6-10-20(25-4)11-7-17)18-8-12-21(26-5)13-9-18;1-22-19-9-5-16(6-10-19)21(14-15-3-4-18(21)13-15)17-7-11-20(23-2)12-8-17/h3-10,17-18H,11-16H2,1-2H3;3-10,16-17,20-21H,11-15H2,1-2H3;6-13,20-23H,3-5,14-15H2,1-2H3;6-13,19H,14-16H2,1-5H3;5-12,15,18H,3-4,13-14H2,1-2H3. The lowest BCUT2D eigenvalue weighted by molar-refractivity contribution is -0.0418. The molecule has 0 aromatic heterocycles. The molecule has 15 aliphatic carbocycles. The van der Waals surface area contributed by atoms with Crippen LogP contribution in [0.4, 0.5) is 0 Å². The van der Waals surface area contributed by atoms with Crippen molar-refractivity contribution in [3.63, 3.8) is 0 Å². The molecule has 0 spiro atoms. The number of methoxy groups -OCH3 is 10. The highest BCUT2D eigenvalue weighted by atomic mass is 16.5. The van der Waals surface area contributed by atoms with Crippen molar-refractivity contribution in [2.24, 2.45) is 87.8 Å². The predicted octanol–water partition coefficient (Wildman–Crippen LogP) is 27.0. The van der Waals surface area contributed by atoms with Gasteiger partial charge in [0, 0.05) is 21.7 Å². The maximum absolute atomic E-state index is 5.43. The van der Waals surface area contributed by atoms with E-state index in [0.717, 1.165) is 134 Å². The summed E-state index contributed by atoms with van der Waals surface area (Å²) in [7, 11) is 17.4. The zero-order valence-electron chi connectivity index (χ0n) is 77.9. The van der Waals surface area contributed by atoms with Crippen LogP contribution < -0.4 is 47.4 Å². The molecule has 10 aromatic rings. The van der Waals surface area contributed by atoms with Gasteiger partial charge in [-0.25, -0.2) is 0 Å². The first-order valence-corrected chi connectivity index (χ1v) is 48.3. The van der Waals surface area contributed by atoms with Crippen molar-refractivity contribution >= 4 is 0 Å². The van der Waals surface area contributed by atoms with E-state index in [-0.39, 0.29) is 27.1 Å². The highest BCUT2D eigenvalue weighted by Crippen LogP contribution is 2.76. The molecule has 14 bridgehead atoms. The Morgan fingerprint density at radius 3 is 0.787 bits per heavy atom. The van der Waals surface area contributed by atoms with E-state index in [9.17, 15) is 0 Å². The van der Waals surface area contributed by atoms with Gasteiger partial charge in [0.15, 0.2) is 0 Å². The van der Waals surface area contributed by atoms with Gasteiger partial charge in [-0.2, -0.15) is 0 Å². The zero-order chi connectivity index (χ0) is 87.7. The Bertz CT molecular complexity index is 4960. The minimum atomic E-state index is 0.0396. The van der Waals surface area contributed by atoms with Gasteiger partial charge in [0.25, 0.3) is 0 Å². The molecule has 15 fully saturated rings. The Balaban J connectivity index is 0.000000104. The monoisotopic (exact) mass is 1700 g/mol. The number of ether oxygens (including phenoxy) is 10. The van der Waals surface area contributed by atoms with E-state index in [1.54, 1.807) is 71.1 Å². The number of fused-ring (bicyclic) bond motifs is 9. The normalized spacial score (nSPS) is 30.0. The molecule has 25 rings (SSSR count). The fourth-order valence-corrected chi connectivity index (χ4v) is 31.6. The van der Waals surface area contributed by atoms with Crippen molar-refractivity contribution in [2.75, 3.05) is 71.1 Å². The fourth-order valence-electron chi connectivity index (χ4n) is 31.6. The molecule has 15 saturated carbocycles. The molecule has 0 aliphatic heterocycles. The summed E-state index contributed by atoms with van der Waals surface area (Å²) in [6.07, 6.45) is 31.6. The summed E-state index contributed by atoms with van der Waals surface area (Å²) in [5, 5.41) is 0. The molecule has 10 heteroatoms. The number of hydrogen-bond donors (Lipinski definition) is 0. The smallest absolute Gasteiger partial charge is 0.118 e. The Labute approximate surface area is 758 Å². The Morgan fingerprint density at radius 1 is 0.228 bits per heavy atom. The summed E-state index contributed by atoms with van der Waals surface area (Å²) in [5.74, 6) is 20.4. The van der Waals surface area contributed by atoms with Crippen LogP contribution >= 0.6 is 0 Å². The van der Waals surface area contributed by atoms with E-state index in [4.69, 9.17) is 47.4 Å². The first kappa shape index (κ1) is 86.6. The lowest BCUT2D eigenvalue weighted by Gasteiger charge is -2.62. The zero-order valence-corrected chi connectivity index (χ0v) is 77.9. The Hall–Kier alpha value is -9.80. The van der Waals surface area contributed by atoms with Gasteiger partial charge in [-0.15, -0.1) is 0 Å². The molecule has 10 nitrogen and oxygen atoms in total. The minimum Gasteiger partial charge on any atom is -0.497 e. The third kappa shape index (κ3) is 14.6. The molecule has 10 aromatic carbocycles. The first-order chi connectivity index (χ1) is 61.8. The van der Waals surface area contributed by atoms with Gasteiger partial charge in [-0.1, -0.05) is 155 Å². The molecule has 0 radical (unpaired) electrons. The van der Waals surface area contributed by atoms with Crippen LogP contribution in [0.2, 0.25) is 0 Å². The van der Waals surface area contributed by atoms with Crippen LogP contribution in [-0.4, -0.2) is 71.1 Å². The third-order valence-electron chi connectivity index (χ3n) is 36.9. The van der Waals surface area contributed by atoms with Crippen LogP contribution in [0, 0.1) is 87.8 Å². The molecule has 0 saturated heterocycles. The summed E-state index contributed by atoms with van der Waals surface area (Å²) in [6.45, 7) is 7.49. The van der Waals surface area contributed by atoms with Crippen LogP contribution in [0.3, 0.4) is 0 Å². The first-order valence-electron chi connectivity index (χ1n) is 48.3. The SMILES string of the molecule is COc1ccc(C2(c3ccc(OC)cc3)C3CC4CC(C3)CC2C4)cc1.COc1ccc(C2(c3ccc(OC)cc3)C3CCC2C2CCCC23)cc1.COc1ccc(C2(c3ccc(OC)cc3)CC3CCC2(C)C3(C)C)cc1.COc1ccc(C2(c3ccc(OC)cc3)CC3CCC2C3)cc1.COc1ccc(C23CC4CC(C2)CC(c2ccc(OC)cc2)(C4)C3)cc1. The van der Waals surface area contributed by atoms with E-state index in [2.05, 4.69) is 263 Å². The quantitative estimate of drug-likeness (QED) is 0.0735. The Kier molecular flexibility index (Phi) is 23.8. The maximum atomic E-state index is 5.43. The van der Waals surface area contributed by atoms with Gasteiger partial charge >= 0.3 is 0 Å². The van der Waals surface area contributed by atoms with Gasteiger partial charge in [-0.05, 0) is 410 Å². The number of hydrogen-bond acceptors (Lipinski definition) is 10. The number of rotatable bonds is 20. The molecule has 8 atom stereocenters. The van der Waals surface area contributed by atoms with Crippen molar-refractivity contribution in [3.05, 3.63) is 298 Å². The van der Waals surface area contributed by atoms with E-state index in [1.807, 2.05) is 0 Å². The minimum absolute atomic E-state index is 0.0396. The van der Waals surface area contributed by atoms with Crippen molar-refractivity contribution in [3.8, 4) is 57.5 Å².